The maximum atomic E-state index is 12.1. The van der Waals surface area contributed by atoms with Crippen molar-refractivity contribution in [3.05, 3.63) is 35.3 Å². The summed E-state index contributed by atoms with van der Waals surface area (Å²) in [5, 5.41) is 14.4. The number of aliphatic carboxylic acids is 1. The van der Waals surface area contributed by atoms with Crippen molar-refractivity contribution < 1.29 is 19.4 Å². The summed E-state index contributed by atoms with van der Waals surface area (Å²) >= 11 is 1.45. The Morgan fingerprint density at radius 1 is 1.27 bits per heavy atom. The van der Waals surface area contributed by atoms with Crippen molar-refractivity contribution in [3.63, 3.8) is 0 Å². The molecular formula is C19H24N2O4S. The van der Waals surface area contributed by atoms with Crippen LogP contribution in [0.5, 0.6) is 5.75 Å². The van der Waals surface area contributed by atoms with E-state index in [1.807, 2.05) is 50.4 Å². The number of carbonyl (C=O) groups excluding carboxylic acids is 1. The van der Waals surface area contributed by atoms with Crippen LogP contribution in [0.3, 0.4) is 0 Å². The third-order valence-corrected chi connectivity index (χ3v) is 4.59. The van der Waals surface area contributed by atoms with E-state index in [9.17, 15) is 14.7 Å². The number of carbonyl (C=O) groups is 2. The van der Waals surface area contributed by atoms with Gasteiger partial charge in [-0.05, 0) is 43.5 Å². The van der Waals surface area contributed by atoms with Crippen LogP contribution in [0.25, 0.3) is 10.6 Å². The van der Waals surface area contributed by atoms with E-state index in [0.717, 1.165) is 16.3 Å². The van der Waals surface area contributed by atoms with Crippen molar-refractivity contribution in [1.82, 2.24) is 10.3 Å². The van der Waals surface area contributed by atoms with Gasteiger partial charge in [-0.15, -0.1) is 11.3 Å². The van der Waals surface area contributed by atoms with Crippen molar-refractivity contribution >= 4 is 23.2 Å². The quantitative estimate of drug-likeness (QED) is 0.700. The fourth-order valence-electron chi connectivity index (χ4n) is 2.48. The van der Waals surface area contributed by atoms with E-state index in [4.69, 9.17) is 4.74 Å². The SMILES string of the molecule is CCOc1ccc(-c2nc(CC(=O)N[C@H](CC(C)C)C(=O)O)cs2)cc1. The molecule has 0 saturated carbocycles. The Hall–Kier alpha value is -2.41. The molecule has 0 unspecified atom stereocenters. The van der Waals surface area contributed by atoms with E-state index >= 15 is 0 Å². The van der Waals surface area contributed by atoms with Gasteiger partial charge in [-0.3, -0.25) is 4.79 Å². The van der Waals surface area contributed by atoms with Gasteiger partial charge in [-0.1, -0.05) is 13.8 Å². The molecular weight excluding hydrogens is 352 g/mol. The minimum atomic E-state index is -1.01. The summed E-state index contributed by atoms with van der Waals surface area (Å²) in [7, 11) is 0. The van der Waals surface area contributed by atoms with Crippen molar-refractivity contribution in [3.8, 4) is 16.3 Å². The minimum absolute atomic E-state index is 0.0649. The predicted octanol–water partition coefficient (Wildman–Crippen LogP) is 3.37. The van der Waals surface area contributed by atoms with Crippen LogP contribution >= 0.6 is 11.3 Å². The van der Waals surface area contributed by atoms with E-state index in [2.05, 4.69) is 10.3 Å². The lowest BCUT2D eigenvalue weighted by molar-refractivity contribution is -0.142. The van der Waals surface area contributed by atoms with Crippen LogP contribution in [0.4, 0.5) is 0 Å². The standard InChI is InChI=1S/C19H24N2O4S/c1-4-25-15-7-5-13(6-8-15)18-20-14(11-26-18)10-17(22)21-16(19(23)24)9-12(2)3/h5-8,11-12,16H,4,9-10H2,1-3H3,(H,21,22)(H,23,24)/t16-/m1/s1. The second-order valence-electron chi connectivity index (χ2n) is 6.37. The Kier molecular flexibility index (Phi) is 7.15. The zero-order valence-electron chi connectivity index (χ0n) is 15.2. The largest absolute Gasteiger partial charge is 0.494 e. The third-order valence-electron chi connectivity index (χ3n) is 3.65. The molecule has 0 spiro atoms. The van der Waals surface area contributed by atoms with Gasteiger partial charge in [0.15, 0.2) is 0 Å². The Morgan fingerprint density at radius 2 is 1.96 bits per heavy atom. The zero-order valence-corrected chi connectivity index (χ0v) is 16.0. The minimum Gasteiger partial charge on any atom is -0.494 e. The van der Waals surface area contributed by atoms with E-state index in [1.54, 1.807) is 0 Å². The topological polar surface area (TPSA) is 88.5 Å². The molecule has 0 fully saturated rings. The summed E-state index contributed by atoms with van der Waals surface area (Å²) in [6.07, 6.45) is 0.463. The van der Waals surface area contributed by atoms with E-state index < -0.39 is 12.0 Å². The average Bonchev–Trinajstić information content (AvgIpc) is 3.03. The molecule has 6 nitrogen and oxygen atoms in total. The number of ether oxygens (including phenoxy) is 1. The molecule has 0 saturated heterocycles. The fourth-order valence-corrected chi connectivity index (χ4v) is 3.31. The Balaban J connectivity index is 1.98. The summed E-state index contributed by atoms with van der Waals surface area (Å²) in [4.78, 5) is 27.9. The van der Waals surface area contributed by atoms with Gasteiger partial charge >= 0.3 is 5.97 Å². The van der Waals surface area contributed by atoms with Gasteiger partial charge in [0.05, 0.1) is 18.7 Å². The van der Waals surface area contributed by atoms with E-state index in [0.29, 0.717) is 18.7 Å². The first kappa shape index (κ1) is 19.9. The van der Waals surface area contributed by atoms with E-state index in [1.165, 1.54) is 11.3 Å². The number of nitrogens with zero attached hydrogens (tertiary/aromatic N) is 1. The molecule has 1 aromatic heterocycles. The lowest BCUT2D eigenvalue weighted by atomic mass is 10.0. The average molecular weight is 376 g/mol. The van der Waals surface area contributed by atoms with Gasteiger partial charge < -0.3 is 15.2 Å². The highest BCUT2D eigenvalue weighted by molar-refractivity contribution is 7.13. The highest BCUT2D eigenvalue weighted by Gasteiger charge is 2.21. The summed E-state index contributed by atoms with van der Waals surface area (Å²) < 4.78 is 5.42. The number of rotatable bonds is 9. The first-order valence-electron chi connectivity index (χ1n) is 8.58. The number of aromatic nitrogens is 1. The Bertz CT molecular complexity index is 740. The zero-order chi connectivity index (χ0) is 19.1. The number of amides is 1. The smallest absolute Gasteiger partial charge is 0.326 e. The molecule has 1 atom stereocenters. The molecule has 1 heterocycles. The van der Waals surface area contributed by atoms with E-state index in [-0.39, 0.29) is 18.2 Å². The molecule has 0 aliphatic rings. The van der Waals surface area contributed by atoms with Gasteiger partial charge in [0.1, 0.15) is 16.8 Å². The first-order valence-corrected chi connectivity index (χ1v) is 9.46. The third kappa shape index (κ3) is 5.84. The molecule has 2 aromatic rings. The van der Waals surface area contributed by atoms with Gasteiger partial charge in [0, 0.05) is 10.9 Å². The summed E-state index contributed by atoms with van der Waals surface area (Å²) in [5.74, 6) is -0.360. The molecule has 1 amide bonds. The van der Waals surface area contributed by atoms with Crippen molar-refractivity contribution in [2.45, 2.75) is 39.7 Å². The number of carboxylic acid groups (broad SMARTS) is 1. The molecule has 2 N–H and O–H groups in total. The predicted molar refractivity (Wildman–Crippen MR) is 101 cm³/mol. The molecule has 0 bridgehead atoms. The summed E-state index contributed by atoms with van der Waals surface area (Å²) in [6, 6.07) is 6.76. The maximum Gasteiger partial charge on any atom is 0.326 e. The monoisotopic (exact) mass is 376 g/mol. The number of carboxylic acids is 1. The molecule has 2 rings (SSSR count). The maximum absolute atomic E-state index is 12.1. The molecule has 140 valence electrons. The second-order valence-corrected chi connectivity index (χ2v) is 7.22. The van der Waals surface area contributed by atoms with Gasteiger partial charge in [0.25, 0.3) is 0 Å². The van der Waals surface area contributed by atoms with Crippen molar-refractivity contribution in [2.75, 3.05) is 6.61 Å². The Morgan fingerprint density at radius 3 is 2.54 bits per heavy atom. The molecule has 0 radical (unpaired) electrons. The summed E-state index contributed by atoms with van der Waals surface area (Å²) in [6.45, 7) is 6.39. The number of thiazole rings is 1. The van der Waals surface area contributed by atoms with Crippen LogP contribution < -0.4 is 10.1 Å². The van der Waals surface area contributed by atoms with Crippen molar-refractivity contribution in [2.24, 2.45) is 5.92 Å². The molecule has 7 heteroatoms. The van der Waals surface area contributed by atoms with Crippen LogP contribution in [-0.2, 0) is 16.0 Å². The molecule has 26 heavy (non-hydrogen) atoms. The first-order chi connectivity index (χ1) is 12.4. The van der Waals surface area contributed by atoms with Crippen LogP contribution in [-0.4, -0.2) is 34.6 Å². The lowest BCUT2D eigenvalue weighted by Gasteiger charge is -2.16. The lowest BCUT2D eigenvalue weighted by Crippen LogP contribution is -2.42. The summed E-state index contributed by atoms with van der Waals surface area (Å²) in [5.41, 5.74) is 1.58. The normalized spacial score (nSPS) is 12.0. The number of nitrogens with one attached hydrogen (secondary N) is 1. The van der Waals surface area contributed by atoms with Crippen LogP contribution in [0.2, 0.25) is 0 Å². The van der Waals surface area contributed by atoms with Gasteiger partial charge in [-0.25, -0.2) is 9.78 Å². The molecule has 0 aliphatic heterocycles. The van der Waals surface area contributed by atoms with Gasteiger partial charge in [0.2, 0.25) is 5.91 Å². The fraction of sp³-hybridized carbons (Fsp3) is 0.421. The van der Waals surface area contributed by atoms with Gasteiger partial charge in [-0.2, -0.15) is 0 Å². The van der Waals surface area contributed by atoms with Crippen molar-refractivity contribution in [1.29, 1.82) is 0 Å². The molecule has 0 aliphatic carbocycles. The molecule has 1 aromatic carbocycles. The number of benzene rings is 1. The number of hydrogen-bond acceptors (Lipinski definition) is 5. The highest BCUT2D eigenvalue weighted by atomic mass is 32.1. The van der Waals surface area contributed by atoms with Crippen LogP contribution in [0.1, 0.15) is 32.9 Å². The second kappa shape index (κ2) is 9.33. The van der Waals surface area contributed by atoms with Crippen LogP contribution in [0, 0.1) is 5.92 Å². The highest BCUT2D eigenvalue weighted by Crippen LogP contribution is 2.26. The van der Waals surface area contributed by atoms with Crippen LogP contribution in [0.15, 0.2) is 29.6 Å². The number of hydrogen-bond donors (Lipinski definition) is 2. The Labute approximate surface area is 157 Å².